The van der Waals surface area contributed by atoms with Crippen molar-refractivity contribution in [3.8, 4) is 5.82 Å². The average Bonchev–Trinajstić information content (AvgIpc) is 3.11. The van der Waals surface area contributed by atoms with Gasteiger partial charge in [0.1, 0.15) is 18.0 Å². The van der Waals surface area contributed by atoms with Gasteiger partial charge < -0.3 is 10.4 Å². The molecule has 0 saturated heterocycles. The van der Waals surface area contributed by atoms with Gasteiger partial charge in [0.05, 0.1) is 30.0 Å². The maximum Gasteiger partial charge on any atom is 0.159 e. The Bertz CT molecular complexity index is 1080. The van der Waals surface area contributed by atoms with Crippen LogP contribution in [0.2, 0.25) is 0 Å². The van der Waals surface area contributed by atoms with Gasteiger partial charge in [0, 0.05) is 6.04 Å². The number of halogens is 1. The number of imidazole rings is 1. The van der Waals surface area contributed by atoms with E-state index < -0.39 is 0 Å². The summed E-state index contributed by atoms with van der Waals surface area (Å²) in [6.45, 7) is 1.95. The van der Waals surface area contributed by atoms with E-state index in [4.69, 9.17) is 0 Å². The Morgan fingerprint density at radius 2 is 1.96 bits per heavy atom. The fourth-order valence-corrected chi connectivity index (χ4v) is 2.94. The van der Waals surface area contributed by atoms with Crippen LogP contribution in [0.4, 0.5) is 10.2 Å². The summed E-state index contributed by atoms with van der Waals surface area (Å²) in [4.78, 5) is 13.3. The number of fused-ring (bicyclic) bond motifs is 1. The van der Waals surface area contributed by atoms with Gasteiger partial charge in [-0.25, -0.2) is 14.4 Å². The Balaban J connectivity index is 1.62. The Hall–Kier alpha value is -3.32. The maximum atomic E-state index is 13.1. The van der Waals surface area contributed by atoms with Crippen LogP contribution in [0.3, 0.4) is 0 Å². The number of nitrogens with zero attached hydrogens (tertiary/aromatic N) is 4. The molecular formula is C20H18FN5O. The largest absolute Gasteiger partial charge is 0.392 e. The van der Waals surface area contributed by atoms with Gasteiger partial charge in [-0.15, -0.1) is 0 Å². The normalized spacial score (nSPS) is 12.3. The lowest BCUT2D eigenvalue weighted by Gasteiger charge is -2.15. The predicted octanol–water partition coefficient (Wildman–Crippen LogP) is 3.62. The van der Waals surface area contributed by atoms with Crippen molar-refractivity contribution in [1.82, 2.24) is 19.5 Å². The summed E-state index contributed by atoms with van der Waals surface area (Å²) in [6, 6.07) is 11.9. The van der Waals surface area contributed by atoms with Crippen molar-refractivity contribution >= 4 is 16.9 Å². The molecule has 0 fully saturated rings. The Morgan fingerprint density at radius 3 is 2.74 bits per heavy atom. The Kier molecular flexibility index (Phi) is 4.52. The topological polar surface area (TPSA) is 75.9 Å². The summed E-state index contributed by atoms with van der Waals surface area (Å²) >= 11 is 0. The van der Waals surface area contributed by atoms with Gasteiger partial charge in [0.15, 0.2) is 5.82 Å². The molecule has 0 saturated carbocycles. The van der Waals surface area contributed by atoms with Gasteiger partial charge in [0.2, 0.25) is 0 Å². The zero-order valence-corrected chi connectivity index (χ0v) is 14.7. The van der Waals surface area contributed by atoms with E-state index in [2.05, 4.69) is 20.3 Å². The minimum Gasteiger partial charge on any atom is -0.392 e. The van der Waals surface area contributed by atoms with Gasteiger partial charge in [-0.3, -0.25) is 9.55 Å². The lowest BCUT2D eigenvalue weighted by Crippen LogP contribution is -2.09. The van der Waals surface area contributed by atoms with Crippen LogP contribution in [0, 0.1) is 5.82 Å². The molecule has 2 aromatic carbocycles. The van der Waals surface area contributed by atoms with E-state index in [0.717, 1.165) is 22.2 Å². The van der Waals surface area contributed by atoms with Crippen molar-refractivity contribution in [3.05, 3.63) is 78.1 Å². The van der Waals surface area contributed by atoms with Crippen LogP contribution in [0.1, 0.15) is 24.1 Å². The molecule has 4 aromatic rings. The number of hydrogen-bond donors (Lipinski definition) is 2. The van der Waals surface area contributed by atoms with Gasteiger partial charge >= 0.3 is 0 Å². The summed E-state index contributed by atoms with van der Waals surface area (Å²) in [5.74, 6) is 0.979. The van der Waals surface area contributed by atoms with Crippen molar-refractivity contribution in [2.75, 3.05) is 5.32 Å². The molecule has 0 spiro atoms. The standard InChI is InChI=1S/C20H18FN5O/c1-13(15-3-5-16(21)6-4-15)24-19-9-22-10-20(25-19)26-12-23-17-8-14(11-27)2-7-18(17)26/h2-10,12-13,27H,11H2,1H3,(H,24,25)/t13-/m0/s1. The highest BCUT2D eigenvalue weighted by Gasteiger charge is 2.10. The molecule has 4 rings (SSSR count). The lowest BCUT2D eigenvalue weighted by atomic mass is 10.1. The van der Waals surface area contributed by atoms with E-state index in [0.29, 0.717) is 11.6 Å². The number of benzene rings is 2. The predicted molar refractivity (Wildman–Crippen MR) is 101 cm³/mol. The summed E-state index contributed by atoms with van der Waals surface area (Å²) in [7, 11) is 0. The Labute approximate surface area is 155 Å². The van der Waals surface area contributed by atoms with Gasteiger partial charge in [-0.1, -0.05) is 18.2 Å². The molecule has 0 amide bonds. The van der Waals surface area contributed by atoms with Crippen molar-refractivity contribution in [3.63, 3.8) is 0 Å². The van der Waals surface area contributed by atoms with Gasteiger partial charge in [-0.2, -0.15) is 0 Å². The number of nitrogens with one attached hydrogen (secondary N) is 1. The molecule has 0 aliphatic rings. The highest BCUT2D eigenvalue weighted by atomic mass is 19.1. The third kappa shape index (κ3) is 3.50. The lowest BCUT2D eigenvalue weighted by molar-refractivity contribution is 0.282. The number of rotatable bonds is 5. The molecule has 2 aromatic heterocycles. The number of aromatic nitrogens is 4. The molecule has 0 aliphatic heterocycles. The first kappa shape index (κ1) is 17.1. The van der Waals surface area contributed by atoms with E-state index in [9.17, 15) is 9.50 Å². The Morgan fingerprint density at radius 1 is 1.15 bits per heavy atom. The van der Waals surface area contributed by atoms with Crippen LogP contribution in [-0.4, -0.2) is 24.6 Å². The molecule has 0 unspecified atom stereocenters. The van der Waals surface area contributed by atoms with Crippen molar-refractivity contribution in [1.29, 1.82) is 0 Å². The second-order valence-electron chi connectivity index (χ2n) is 6.28. The molecule has 136 valence electrons. The average molecular weight is 363 g/mol. The fraction of sp³-hybridized carbons (Fsp3) is 0.150. The van der Waals surface area contributed by atoms with Crippen LogP contribution < -0.4 is 5.32 Å². The number of hydrogen-bond acceptors (Lipinski definition) is 5. The van der Waals surface area contributed by atoms with E-state index in [-0.39, 0.29) is 18.5 Å². The van der Waals surface area contributed by atoms with Crippen molar-refractivity contribution < 1.29 is 9.50 Å². The van der Waals surface area contributed by atoms with Crippen LogP contribution in [-0.2, 0) is 6.61 Å². The van der Waals surface area contributed by atoms with Gasteiger partial charge in [-0.05, 0) is 42.3 Å². The number of aliphatic hydroxyl groups excluding tert-OH is 1. The smallest absolute Gasteiger partial charge is 0.159 e. The highest BCUT2D eigenvalue weighted by molar-refractivity contribution is 5.77. The first-order valence-corrected chi connectivity index (χ1v) is 8.55. The fourth-order valence-electron chi connectivity index (χ4n) is 2.94. The zero-order chi connectivity index (χ0) is 18.8. The summed E-state index contributed by atoms with van der Waals surface area (Å²) in [5, 5.41) is 12.5. The van der Waals surface area contributed by atoms with Crippen LogP contribution in [0.15, 0.2) is 61.2 Å². The molecular weight excluding hydrogens is 345 g/mol. The zero-order valence-electron chi connectivity index (χ0n) is 14.7. The van der Waals surface area contributed by atoms with Gasteiger partial charge in [0.25, 0.3) is 0 Å². The molecule has 7 heteroatoms. The SMILES string of the molecule is C[C@H](Nc1cncc(-n2cnc3cc(CO)ccc32)n1)c1ccc(F)cc1. The monoisotopic (exact) mass is 363 g/mol. The van der Waals surface area contributed by atoms with E-state index in [1.807, 2.05) is 29.7 Å². The molecule has 0 bridgehead atoms. The number of anilines is 1. The van der Waals surface area contributed by atoms with Crippen molar-refractivity contribution in [2.45, 2.75) is 19.6 Å². The third-order valence-corrected chi connectivity index (χ3v) is 4.40. The van der Waals surface area contributed by atoms with E-state index >= 15 is 0 Å². The third-order valence-electron chi connectivity index (χ3n) is 4.40. The summed E-state index contributed by atoms with van der Waals surface area (Å²) in [6.07, 6.45) is 4.99. The molecule has 2 N–H and O–H groups in total. The quantitative estimate of drug-likeness (QED) is 0.566. The van der Waals surface area contributed by atoms with Crippen LogP contribution in [0.5, 0.6) is 0 Å². The van der Waals surface area contributed by atoms with Crippen LogP contribution >= 0.6 is 0 Å². The first-order valence-electron chi connectivity index (χ1n) is 8.55. The molecule has 6 nitrogen and oxygen atoms in total. The molecule has 27 heavy (non-hydrogen) atoms. The molecule has 2 heterocycles. The summed E-state index contributed by atoms with van der Waals surface area (Å²) < 4.78 is 14.9. The second kappa shape index (κ2) is 7.13. The summed E-state index contributed by atoms with van der Waals surface area (Å²) in [5.41, 5.74) is 3.42. The second-order valence-corrected chi connectivity index (χ2v) is 6.28. The molecule has 0 radical (unpaired) electrons. The van der Waals surface area contributed by atoms with E-state index in [1.165, 1.54) is 12.1 Å². The van der Waals surface area contributed by atoms with Crippen molar-refractivity contribution in [2.24, 2.45) is 0 Å². The highest BCUT2D eigenvalue weighted by Crippen LogP contribution is 2.21. The maximum absolute atomic E-state index is 13.1. The minimum atomic E-state index is -0.260. The van der Waals surface area contributed by atoms with E-state index in [1.54, 1.807) is 30.9 Å². The van der Waals surface area contributed by atoms with Crippen LogP contribution in [0.25, 0.3) is 16.9 Å². The molecule has 0 aliphatic carbocycles. The molecule has 1 atom stereocenters. The number of aliphatic hydroxyl groups is 1. The first-order chi connectivity index (χ1) is 13.1. The minimum absolute atomic E-state index is 0.0245.